The molecule has 4 nitrogen and oxygen atoms in total. The number of rotatable bonds is 2. The topological polar surface area (TPSA) is 55.2 Å². The third kappa shape index (κ3) is 2.78. The van der Waals surface area contributed by atoms with Crippen LogP contribution in [0.5, 0.6) is 0 Å². The van der Waals surface area contributed by atoms with Crippen LogP contribution in [-0.2, 0) is 0 Å². The van der Waals surface area contributed by atoms with Crippen LogP contribution in [0.3, 0.4) is 0 Å². The highest BCUT2D eigenvalue weighted by molar-refractivity contribution is 5.48. The van der Waals surface area contributed by atoms with Gasteiger partial charge in [-0.25, -0.2) is 0 Å². The Morgan fingerprint density at radius 1 is 1.56 bits per heavy atom. The molecule has 0 aliphatic heterocycles. The molecule has 0 saturated heterocycles. The summed E-state index contributed by atoms with van der Waals surface area (Å²) in [6.07, 6.45) is 0. The molecule has 0 amide bonds. The molecule has 1 aromatic carbocycles. The molecule has 0 aliphatic rings. The molecule has 1 aromatic rings. The molecule has 5 heteroatoms. The molecule has 1 N–H and O–H groups in total. The first-order chi connectivity index (χ1) is 7.56. The van der Waals surface area contributed by atoms with Crippen molar-refractivity contribution in [3.05, 3.63) is 39.2 Å². The van der Waals surface area contributed by atoms with Crippen molar-refractivity contribution < 1.29 is 9.31 Å². The molecular formula is C11H11FN2O2. The van der Waals surface area contributed by atoms with Crippen molar-refractivity contribution in [2.45, 2.75) is 6.92 Å². The van der Waals surface area contributed by atoms with Gasteiger partial charge in [-0.2, -0.15) is 4.39 Å². The Morgan fingerprint density at radius 3 is 2.81 bits per heavy atom. The number of hydrogen-bond acceptors (Lipinski definition) is 3. The second-order valence-electron chi connectivity index (χ2n) is 3.21. The van der Waals surface area contributed by atoms with E-state index in [0.29, 0.717) is 17.7 Å². The van der Waals surface area contributed by atoms with Gasteiger partial charge in [0.15, 0.2) is 0 Å². The third-order valence-corrected chi connectivity index (χ3v) is 1.98. The van der Waals surface area contributed by atoms with E-state index in [4.69, 9.17) is 0 Å². The molecule has 0 aliphatic carbocycles. The Bertz CT molecular complexity index is 475. The minimum Gasteiger partial charge on any atom is -0.309 e. The quantitative estimate of drug-likeness (QED) is 0.470. The number of nitrogens with zero attached hydrogens (tertiary/aromatic N) is 1. The molecule has 0 spiro atoms. The third-order valence-electron chi connectivity index (χ3n) is 1.98. The van der Waals surface area contributed by atoms with Crippen molar-refractivity contribution in [3.8, 4) is 11.8 Å². The first kappa shape index (κ1) is 12.1. The van der Waals surface area contributed by atoms with E-state index in [2.05, 4.69) is 17.2 Å². The van der Waals surface area contributed by atoms with Gasteiger partial charge in [0.05, 0.1) is 11.5 Å². The van der Waals surface area contributed by atoms with Crippen molar-refractivity contribution in [1.29, 1.82) is 0 Å². The molecule has 0 aromatic heterocycles. The Balaban J connectivity index is 3.12. The maximum Gasteiger partial charge on any atom is 0.305 e. The van der Waals surface area contributed by atoms with Gasteiger partial charge >= 0.3 is 5.69 Å². The summed E-state index contributed by atoms with van der Waals surface area (Å²) in [5.41, 5.74) is 0.548. The molecule has 0 bridgehead atoms. The highest BCUT2D eigenvalue weighted by Crippen LogP contribution is 2.21. The van der Waals surface area contributed by atoms with E-state index in [-0.39, 0.29) is 0 Å². The molecular weight excluding hydrogens is 211 g/mol. The molecule has 0 atom stereocenters. The molecule has 0 heterocycles. The summed E-state index contributed by atoms with van der Waals surface area (Å²) in [4.78, 5) is 9.72. The number of nitro benzene ring substituents is 1. The lowest BCUT2D eigenvalue weighted by molar-refractivity contribution is -0.387. The molecule has 0 radical (unpaired) electrons. The minimum atomic E-state index is -0.857. The van der Waals surface area contributed by atoms with Crippen molar-refractivity contribution in [3.63, 3.8) is 0 Å². The predicted octanol–water partition coefficient (Wildman–Crippen LogP) is 1.61. The van der Waals surface area contributed by atoms with Crippen LogP contribution in [0.25, 0.3) is 0 Å². The van der Waals surface area contributed by atoms with Crippen molar-refractivity contribution >= 4 is 5.69 Å². The predicted molar refractivity (Wildman–Crippen MR) is 58.6 cm³/mol. The Morgan fingerprint density at radius 2 is 2.25 bits per heavy atom. The van der Waals surface area contributed by atoms with Crippen LogP contribution in [0.15, 0.2) is 12.1 Å². The van der Waals surface area contributed by atoms with Gasteiger partial charge in [-0.15, -0.1) is 0 Å². The van der Waals surface area contributed by atoms with E-state index >= 15 is 0 Å². The number of halogens is 1. The molecule has 0 unspecified atom stereocenters. The van der Waals surface area contributed by atoms with Crippen LogP contribution < -0.4 is 5.32 Å². The van der Waals surface area contributed by atoms with E-state index in [9.17, 15) is 14.5 Å². The van der Waals surface area contributed by atoms with Gasteiger partial charge in [-0.05, 0) is 25.6 Å². The van der Waals surface area contributed by atoms with Gasteiger partial charge in [0, 0.05) is 11.6 Å². The summed E-state index contributed by atoms with van der Waals surface area (Å²) in [5, 5.41) is 13.3. The lowest BCUT2D eigenvalue weighted by Crippen LogP contribution is -2.04. The maximum atomic E-state index is 13.3. The van der Waals surface area contributed by atoms with Crippen molar-refractivity contribution in [2.75, 3.05) is 13.6 Å². The smallest absolute Gasteiger partial charge is 0.305 e. The van der Waals surface area contributed by atoms with Crippen LogP contribution in [0.4, 0.5) is 10.1 Å². The molecule has 84 valence electrons. The van der Waals surface area contributed by atoms with E-state index in [0.717, 1.165) is 6.07 Å². The van der Waals surface area contributed by atoms with Crippen LogP contribution in [0.1, 0.15) is 11.1 Å². The second kappa shape index (κ2) is 5.24. The molecule has 1 rings (SSSR count). The lowest BCUT2D eigenvalue weighted by atomic mass is 10.1. The fourth-order valence-electron chi connectivity index (χ4n) is 1.17. The molecule has 0 fully saturated rings. The van der Waals surface area contributed by atoms with E-state index < -0.39 is 16.4 Å². The Hall–Kier alpha value is -1.93. The summed E-state index contributed by atoms with van der Waals surface area (Å²) in [6, 6.07) is 2.29. The minimum absolute atomic E-state index is 0.471. The number of aryl methyl sites for hydroxylation is 1. The fourth-order valence-corrected chi connectivity index (χ4v) is 1.17. The summed E-state index contributed by atoms with van der Waals surface area (Å²) in [5.74, 6) is 4.66. The Labute approximate surface area is 92.6 Å². The van der Waals surface area contributed by atoms with Gasteiger partial charge in [0.2, 0.25) is 5.82 Å². The molecule has 0 saturated carbocycles. The number of benzene rings is 1. The largest absolute Gasteiger partial charge is 0.309 e. The summed E-state index contributed by atoms with van der Waals surface area (Å²) in [6.45, 7) is 2.15. The standard InChI is InChI=1S/C11H11FN2O2/c1-8-6-11(14(15)16)10(12)7-9(8)4-3-5-13-2/h6-7,13H,5H2,1-2H3. The summed E-state index contributed by atoms with van der Waals surface area (Å²) < 4.78 is 13.3. The van der Waals surface area contributed by atoms with E-state index in [1.54, 1.807) is 14.0 Å². The lowest BCUT2D eigenvalue weighted by Gasteiger charge is -1.99. The zero-order valence-electron chi connectivity index (χ0n) is 9.00. The van der Waals surface area contributed by atoms with Crippen LogP contribution in [0, 0.1) is 34.7 Å². The van der Waals surface area contributed by atoms with Crippen molar-refractivity contribution in [2.24, 2.45) is 0 Å². The first-order valence-electron chi connectivity index (χ1n) is 4.64. The van der Waals surface area contributed by atoms with Gasteiger partial charge < -0.3 is 5.32 Å². The van der Waals surface area contributed by atoms with Crippen molar-refractivity contribution in [1.82, 2.24) is 5.32 Å². The zero-order valence-corrected chi connectivity index (χ0v) is 9.00. The van der Waals surface area contributed by atoms with Crippen LogP contribution >= 0.6 is 0 Å². The average molecular weight is 222 g/mol. The van der Waals surface area contributed by atoms with Gasteiger partial charge in [0.1, 0.15) is 0 Å². The fraction of sp³-hybridized carbons (Fsp3) is 0.273. The number of nitro groups is 1. The normalized spacial score (nSPS) is 9.44. The monoisotopic (exact) mass is 222 g/mol. The van der Waals surface area contributed by atoms with E-state index in [1.165, 1.54) is 6.07 Å². The van der Waals surface area contributed by atoms with Gasteiger partial charge in [0.25, 0.3) is 0 Å². The highest BCUT2D eigenvalue weighted by Gasteiger charge is 2.15. The molecule has 16 heavy (non-hydrogen) atoms. The average Bonchev–Trinajstić information content (AvgIpc) is 2.22. The summed E-state index contributed by atoms with van der Waals surface area (Å²) in [7, 11) is 1.75. The van der Waals surface area contributed by atoms with Crippen LogP contribution in [-0.4, -0.2) is 18.5 Å². The van der Waals surface area contributed by atoms with E-state index in [1.807, 2.05) is 0 Å². The zero-order chi connectivity index (χ0) is 12.1. The van der Waals surface area contributed by atoms with Crippen LogP contribution in [0.2, 0.25) is 0 Å². The second-order valence-corrected chi connectivity index (χ2v) is 3.21. The summed E-state index contributed by atoms with van der Waals surface area (Å²) >= 11 is 0. The number of nitrogens with one attached hydrogen (secondary N) is 1. The first-order valence-corrected chi connectivity index (χ1v) is 4.64. The van der Waals surface area contributed by atoms with Gasteiger partial charge in [-0.1, -0.05) is 11.8 Å². The highest BCUT2D eigenvalue weighted by atomic mass is 19.1. The maximum absolute atomic E-state index is 13.3. The SMILES string of the molecule is CNCC#Cc1cc(F)c([N+](=O)[O-])cc1C. The Kier molecular flexibility index (Phi) is 3.97. The number of hydrogen-bond donors (Lipinski definition) is 1. The van der Waals surface area contributed by atoms with Gasteiger partial charge in [-0.3, -0.25) is 10.1 Å².